The molecule has 116 valence electrons. The highest BCUT2D eigenvalue weighted by atomic mass is 32.1. The normalized spacial score (nSPS) is 11.5. The zero-order valence-electron chi connectivity index (χ0n) is 13.5. The Morgan fingerprint density at radius 3 is 2.86 bits per heavy atom. The van der Waals surface area contributed by atoms with Crippen LogP contribution < -0.4 is 5.32 Å². The van der Waals surface area contributed by atoms with Crippen molar-refractivity contribution in [1.82, 2.24) is 20.0 Å². The van der Waals surface area contributed by atoms with Crippen molar-refractivity contribution in [2.75, 3.05) is 13.6 Å². The Hall–Kier alpha value is -1.17. The first-order valence-corrected chi connectivity index (χ1v) is 8.35. The smallest absolute Gasteiger partial charge is 0.0534 e. The second-order valence-electron chi connectivity index (χ2n) is 5.67. The molecule has 2 heterocycles. The molecule has 0 saturated heterocycles. The third-order valence-electron chi connectivity index (χ3n) is 3.45. The molecule has 1 N–H and O–H groups in total. The standard InChI is InChI=1S/C16H26N4S/c1-5-6-17-9-16-7-15(13(2)21-16)12-19(3)10-14-8-18-20(4)11-14/h7-8,11,17H,5-6,9-10,12H2,1-4H3. The van der Waals surface area contributed by atoms with Crippen LogP contribution in [-0.2, 0) is 26.7 Å². The molecule has 2 rings (SSSR count). The van der Waals surface area contributed by atoms with Crippen molar-refractivity contribution in [2.45, 2.75) is 39.9 Å². The first-order chi connectivity index (χ1) is 10.1. The maximum Gasteiger partial charge on any atom is 0.0534 e. The summed E-state index contributed by atoms with van der Waals surface area (Å²) in [6, 6.07) is 2.35. The van der Waals surface area contributed by atoms with E-state index in [1.807, 2.05) is 29.3 Å². The van der Waals surface area contributed by atoms with Crippen LogP contribution in [-0.4, -0.2) is 28.3 Å². The van der Waals surface area contributed by atoms with Crippen LogP contribution in [0.25, 0.3) is 0 Å². The number of nitrogens with zero attached hydrogens (tertiary/aromatic N) is 3. The quantitative estimate of drug-likeness (QED) is 0.761. The Balaban J connectivity index is 1.89. The van der Waals surface area contributed by atoms with Gasteiger partial charge in [0.05, 0.1) is 6.20 Å². The highest BCUT2D eigenvalue weighted by molar-refractivity contribution is 7.12. The molecule has 0 aliphatic rings. The van der Waals surface area contributed by atoms with Crippen LogP contribution in [0.4, 0.5) is 0 Å². The van der Waals surface area contributed by atoms with Gasteiger partial charge >= 0.3 is 0 Å². The van der Waals surface area contributed by atoms with Crippen molar-refractivity contribution in [2.24, 2.45) is 7.05 Å². The lowest BCUT2D eigenvalue weighted by Crippen LogP contribution is -2.17. The summed E-state index contributed by atoms with van der Waals surface area (Å²) in [5.41, 5.74) is 2.71. The van der Waals surface area contributed by atoms with Crippen molar-refractivity contribution >= 4 is 11.3 Å². The molecule has 5 heteroatoms. The van der Waals surface area contributed by atoms with Gasteiger partial charge in [0.2, 0.25) is 0 Å². The minimum atomic E-state index is 0.937. The fraction of sp³-hybridized carbons (Fsp3) is 0.562. The largest absolute Gasteiger partial charge is 0.312 e. The lowest BCUT2D eigenvalue weighted by atomic mass is 10.2. The fourth-order valence-electron chi connectivity index (χ4n) is 2.43. The van der Waals surface area contributed by atoms with Gasteiger partial charge in [-0.25, -0.2) is 0 Å². The molecule has 0 amide bonds. The van der Waals surface area contributed by atoms with Gasteiger partial charge in [-0.15, -0.1) is 11.3 Å². The van der Waals surface area contributed by atoms with E-state index >= 15 is 0 Å². The van der Waals surface area contributed by atoms with E-state index in [0.717, 1.165) is 26.2 Å². The van der Waals surface area contributed by atoms with E-state index in [2.05, 4.69) is 48.5 Å². The Bertz CT molecular complexity index is 558. The highest BCUT2D eigenvalue weighted by Crippen LogP contribution is 2.23. The molecule has 0 aliphatic heterocycles. The van der Waals surface area contributed by atoms with E-state index in [1.54, 1.807) is 0 Å². The van der Waals surface area contributed by atoms with Gasteiger partial charge in [-0.2, -0.15) is 5.10 Å². The van der Waals surface area contributed by atoms with Gasteiger partial charge in [0.1, 0.15) is 0 Å². The van der Waals surface area contributed by atoms with Crippen LogP contribution in [0.5, 0.6) is 0 Å². The third kappa shape index (κ3) is 4.95. The maximum absolute atomic E-state index is 4.22. The van der Waals surface area contributed by atoms with Crippen LogP contribution >= 0.6 is 11.3 Å². The first kappa shape index (κ1) is 16.2. The van der Waals surface area contributed by atoms with Crippen LogP contribution in [0.1, 0.15) is 34.2 Å². The van der Waals surface area contributed by atoms with E-state index in [4.69, 9.17) is 0 Å². The van der Waals surface area contributed by atoms with E-state index in [0.29, 0.717) is 0 Å². The molecular formula is C16H26N4S. The summed E-state index contributed by atoms with van der Waals surface area (Å²) >= 11 is 1.91. The SMILES string of the molecule is CCCNCc1cc(CN(C)Cc2cnn(C)c2)c(C)s1. The maximum atomic E-state index is 4.22. The zero-order valence-corrected chi connectivity index (χ0v) is 14.3. The van der Waals surface area contributed by atoms with Gasteiger partial charge in [0.15, 0.2) is 0 Å². The molecule has 4 nitrogen and oxygen atoms in total. The lowest BCUT2D eigenvalue weighted by molar-refractivity contribution is 0.319. The monoisotopic (exact) mass is 306 g/mol. The van der Waals surface area contributed by atoms with Crippen molar-refractivity contribution in [3.63, 3.8) is 0 Å². The van der Waals surface area contributed by atoms with E-state index in [-0.39, 0.29) is 0 Å². The van der Waals surface area contributed by atoms with Crippen LogP contribution in [0.15, 0.2) is 18.5 Å². The number of hydrogen-bond donors (Lipinski definition) is 1. The zero-order chi connectivity index (χ0) is 15.2. The van der Waals surface area contributed by atoms with Crippen LogP contribution in [0.2, 0.25) is 0 Å². The summed E-state index contributed by atoms with van der Waals surface area (Å²) in [5, 5.41) is 7.70. The Morgan fingerprint density at radius 2 is 2.19 bits per heavy atom. The molecule has 0 unspecified atom stereocenters. The lowest BCUT2D eigenvalue weighted by Gasteiger charge is -2.15. The number of aromatic nitrogens is 2. The van der Waals surface area contributed by atoms with Gasteiger partial charge in [0, 0.05) is 48.2 Å². The van der Waals surface area contributed by atoms with Crippen molar-refractivity contribution in [3.05, 3.63) is 39.3 Å². The van der Waals surface area contributed by atoms with E-state index < -0.39 is 0 Å². The second kappa shape index (κ2) is 7.73. The predicted molar refractivity (Wildman–Crippen MR) is 89.4 cm³/mol. The number of rotatable bonds is 8. The van der Waals surface area contributed by atoms with E-state index in [9.17, 15) is 0 Å². The molecule has 0 spiro atoms. The van der Waals surface area contributed by atoms with Gasteiger partial charge in [0.25, 0.3) is 0 Å². The minimum absolute atomic E-state index is 0.937. The highest BCUT2D eigenvalue weighted by Gasteiger charge is 2.09. The molecule has 0 aliphatic carbocycles. The van der Waals surface area contributed by atoms with Crippen LogP contribution in [0, 0.1) is 6.92 Å². The fourth-order valence-corrected chi connectivity index (χ4v) is 3.46. The summed E-state index contributed by atoms with van der Waals surface area (Å²) < 4.78 is 1.86. The van der Waals surface area contributed by atoms with Crippen molar-refractivity contribution in [1.29, 1.82) is 0 Å². The third-order valence-corrected chi connectivity index (χ3v) is 4.54. The van der Waals surface area contributed by atoms with Gasteiger partial charge in [-0.1, -0.05) is 6.92 Å². The molecule has 0 bridgehead atoms. The van der Waals surface area contributed by atoms with Crippen LogP contribution in [0.3, 0.4) is 0 Å². The van der Waals surface area contributed by atoms with Crippen molar-refractivity contribution in [3.8, 4) is 0 Å². The topological polar surface area (TPSA) is 33.1 Å². The predicted octanol–water partition coefficient (Wildman–Crippen LogP) is 2.92. The molecule has 0 aromatic carbocycles. The average molecular weight is 306 g/mol. The molecule has 0 fully saturated rings. The molecule has 0 atom stereocenters. The summed E-state index contributed by atoms with van der Waals surface area (Å²) in [6.07, 6.45) is 5.21. The Labute approximate surface area is 131 Å². The summed E-state index contributed by atoms with van der Waals surface area (Å²) in [5.74, 6) is 0. The number of aryl methyl sites for hydroxylation is 2. The molecule has 2 aromatic heterocycles. The number of nitrogens with one attached hydrogen (secondary N) is 1. The number of thiophene rings is 1. The Kier molecular flexibility index (Phi) is 5.96. The molecule has 0 saturated carbocycles. The molecule has 2 aromatic rings. The molecule has 0 radical (unpaired) electrons. The first-order valence-electron chi connectivity index (χ1n) is 7.53. The summed E-state index contributed by atoms with van der Waals surface area (Å²) in [4.78, 5) is 5.21. The number of hydrogen-bond acceptors (Lipinski definition) is 4. The second-order valence-corrected chi connectivity index (χ2v) is 7.01. The van der Waals surface area contributed by atoms with Gasteiger partial charge in [-0.05, 0) is 38.6 Å². The molecular weight excluding hydrogens is 280 g/mol. The Morgan fingerprint density at radius 1 is 1.38 bits per heavy atom. The van der Waals surface area contributed by atoms with Gasteiger partial charge < -0.3 is 5.32 Å². The average Bonchev–Trinajstić information content (AvgIpc) is 2.97. The minimum Gasteiger partial charge on any atom is -0.312 e. The van der Waals surface area contributed by atoms with Crippen molar-refractivity contribution < 1.29 is 0 Å². The van der Waals surface area contributed by atoms with Gasteiger partial charge in [-0.3, -0.25) is 9.58 Å². The van der Waals surface area contributed by atoms with E-state index in [1.165, 1.54) is 27.3 Å². The summed E-state index contributed by atoms with van der Waals surface area (Å²) in [7, 11) is 4.13. The molecule has 21 heavy (non-hydrogen) atoms. The summed E-state index contributed by atoms with van der Waals surface area (Å²) in [6.45, 7) is 8.43.